The van der Waals surface area contributed by atoms with Gasteiger partial charge in [-0.15, -0.1) is 0 Å². The molecule has 6 nitrogen and oxygen atoms in total. The van der Waals surface area contributed by atoms with Crippen LogP contribution in [0.5, 0.6) is 0 Å². The van der Waals surface area contributed by atoms with Crippen molar-refractivity contribution in [3.63, 3.8) is 0 Å². The number of rotatable bonds is 2. The molecule has 2 aromatic heterocycles. The topological polar surface area (TPSA) is 89.8 Å². The second-order valence-corrected chi connectivity index (χ2v) is 4.72. The summed E-state index contributed by atoms with van der Waals surface area (Å²) in [6.45, 7) is 0. The SMILES string of the molecule is O=C(NNC(=O)c1cc(Br)c[nH]1)c1cc(Cl)c[nH]1. The second-order valence-electron chi connectivity index (χ2n) is 3.37. The van der Waals surface area contributed by atoms with Gasteiger partial charge in [-0.05, 0) is 28.1 Å². The van der Waals surface area contributed by atoms with E-state index in [4.69, 9.17) is 11.6 Å². The van der Waals surface area contributed by atoms with Crippen LogP contribution in [0.25, 0.3) is 0 Å². The first-order valence-corrected chi connectivity index (χ1v) is 6.02. The highest BCUT2D eigenvalue weighted by Crippen LogP contribution is 2.10. The van der Waals surface area contributed by atoms with Gasteiger partial charge in [0, 0.05) is 16.9 Å². The van der Waals surface area contributed by atoms with E-state index < -0.39 is 11.8 Å². The van der Waals surface area contributed by atoms with E-state index in [9.17, 15) is 9.59 Å². The second kappa shape index (κ2) is 5.28. The summed E-state index contributed by atoms with van der Waals surface area (Å²) < 4.78 is 0.745. The third-order valence-corrected chi connectivity index (χ3v) is 2.75. The van der Waals surface area contributed by atoms with Crippen molar-refractivity contribution in [3.8, 4) is 0 Å². The Kier molecular flexibility index (Phi) is 3.73. The van der Waals surface area contributed by atoms with Crippen LogP contribution in [0.15, 0.2) is 29.0 Å². The molecule has 2 heterocycles. The number of aromatic amines is 2. The predicted octanol–water partition coefficient (Wildman–Crippen LogP) is 1.83. The zero-order valence-electron chi connectivity index (χ0n) is 8.88. The van der Waals surface area contributed by atoms with Crippen LogP contribution in [-0.4, -0.2) is 21.8 Å². The Morgan fingerprint density at radius 2 is 1.61 bits per heavy atom. The predicted molar refractivity (Wildman–Crippen MR) is 69.2 cm³/mol. The molecule has 2 aromatic rings. The zero-order chi connectivity index (χ0) is 13.1. The maximum atomic E-state index is 11.6. The van der Waals surface area contributed by atoms with E-state index in [1.807, 2.05) is 0 Å². The maximum Gasteiger partial charge on any atom is 0.286 e. The number of carbonyl (C=O) groups is 2. The molecule has 0 aliphatic carbocycles. The molecule has 8 heteroatoms. The molecule has 0 unspecified atom stereocenters. The first kappa shape index (κ1) is 12.7. The largest absolute Gasteiger partial charge is 0.356 e. The van der Waals surface area contributed by atoms with E-state index in [2.05, 4.69) is 36.7 Å². The molecular weight excluding hydrogens is 323 g/mol. The summed E-state index contributed by atoms with van der Waals surface area (Å²) >= 11 is 8.86. The van der Waals surface area contributed by atoms with Crippen molar-refractivity contribution >= 4 is 39.3 Å². The van der Waals surface area contributed by atoms with E-state index >= 15 is 0 Å². The number of hydrazine groups is 1. The maximum absolute atomic E-state index is 11.6. The number of carbonyl (C=O) groups excluding carboxylic acids is 2. The van der Waals surface area contributed by atoms with Crippen molar-refractivity contribution in [3.05, 3.63) is 45.4 Å². The van der Waals surface area contributed by atoms with Crippen LogP contribution in [-0.2, 0) is 0 Å². The summed E-state index contributed by atoms with van der Waals surface area (Å²) in [7, 11) is 0. The summed E-state index contributed by atoms with van der Waals surface area (Å²) in [6, 6.07) is 3.04. The molecule has 0 fully saturated rings. The van der Waals surface area contributed by atoms with Crippen molar-refractivity contribution in [1.29, 1.82) is 0 Å². The van der Waals surface area contributed by atoms with Gasteiger partial charge in [-0.2, -0.15) is 0 Å². The van der Waals surface area contributed by atoms with Crippen LogP contribution >= 0.6 is 27.5 Å². The summed E-state index contributed by atoms with van der Waals surface area (Å²) in [5.74, 6) is -0.937. The lowest BCUT2D eigenvalue weighted by atomic mass is 10.4. The fourth-order valence-corrected chi connectivity index (χ4v) is 1.75. The summed E-state index contributed by atoms with van der Waals surface area (Å²) in [6.07, 6.45) is 3.09. The molecule has 4 N–H and O–H groups in total. The fraction of sp³-hybridized carbons (Fsp3) is 0. The van der Waals surface area contributed by atoms with Crippen LogP contribution < -0.4 is 10.9 Å². The minimum absolute atomic E-state index is 0.257. The van der Waals surface area contributed by atoms with Gasteiger partial charge in [-0.25, -0.2) is 0 Å². The Hall–Kier alpha value is -1.73. The molecule has 0 aliphatic heterocycles. The number of amides is 2. The van der Waals surface area contributed by atoms with Gasteiger partial charge in [0.1, 0.15) is 11.4 Å². The molecule has 2 rings (SSSR count). The van der Waals surface area contributed by atoms with Gasteiger partial charge < -0.3 is 9.97 Å². The number of hydrogen-bond donors (Lipinski definition) is 4. The zero-order valence-corrected chi connectivity index (χ0v) is 11.2. The van der Waals surface area contributed by atoms with Gasteiger partial charge in [0.2, 0.25) is 0 Å². The van der Waals surface area contributed by atoms with Gasteiger partial charge in [-0.3, -0.25) is 20.4 Å². The number of hydrogen-bond acceptors (Lipinski definition) is 2. The van der Waals surface area contributed by atoms with E-state index in [-0.39, 0.29) is 5.69 Å². The number of H-pyrrole nitrogens is 2. The average molecular weight is 332 g/mol. The van der Waals surface area contributed by atoms with Gasteiger partial charge in [0.05, 0.1) is 5.02 Å². The van der Waals surface area contributed by atoms with E-state index in [1.165, 1.54) is 12.3 Å². The first-order chi connectivity index (χ1) is 8.56. The molecule has 0 saturated heterocycles. The normalized spacial score (nSPS) is 10.1. The van der Waals surface area contributed by atoms with Crippen LogP contribution in [0, 0.1) is 0 Å². The van der Waals surface area contributed by atoms with Crippen molar-refractivity contribution in [2.45, 2.75) is 0 Å². The minimum atomic E-state index is -0.485. The standard InChI is InChI=1S/C10H8BrClN4O2/c11-5-1-7(13-3-5)9(17)15-16-10(18)8-2-6(12)4-14-8/h1-4,13-14H,(H,15,17)(H,16,18). The Labute approximate surface area is 115 Å². The van der Waals surface area contributed by atoms with Gasteiger partial charge in [0.25, 0.3) is 11.8 Å². The first-order valence-electron chi connectivity index (χ1n) is 4.85. The van der Waals surface area contributed by atoms with Crippen LogP contribution in [0.2, 0.25) is 5.02 Å². The lowest BCUT2D eigenvalue weighted by molar-refractivity contribution is 0.0842. The van der Waals surface area contributed by atoms with Crippen molar-refractivity contribution in [2.75, 3.05) is 0 Å². The number of nitrogens with one attached hydrogen (secondary N) is 4. The van der Waals surface area contributed by atoms with Gasteiger partial charge in [-0.1, -0.05) is 11.6 Å². The van der Waals surface area contributed by atoms with Gasteiger partial charge in [0.15, 0.2) is 0 Å². The van der Waals surface area contributed by atoms with Gasteiger partial charge >= 0.3 is 0 Å². The molecule has 0 spiro atoms. The quantitative estimate of drug-likeness (QED) is 0.633. The third-order valence-electron chi connectivity index (χ3n) is 2.07. The van der Waals surface area contributed by atoms with Crippen LogP contribution in [0.4, 0.5) is 0 Å². The molecule has 94 valence electrons. The van der Waals surface area contributed by atoms with Crippen molar-refractivity contribution in [1.82, 2.24) is 20.8 Å². The summed E-state index contributed by atoms with van der Waals surface area (Å²) in [4.78, 5) is 28.5. The smallest absolute Gasteiger partial charge is 0.286 e. The molecular formula is C10H8BrClN4O2. The molecule has 0 aromatic carbocycles. The van der Waals surface area contributed by atoms with E-state index in [0.29, 0.717) is 10.7 Å². The summed E-state index contributed by atoms with van der Waals surface area (Å²) in [5.41, 5.74) is 5.11. The van der Waals surface area contributed by atoms with Crippen molar-refractivity contribution in [2.24, 2.45) is 0 Å². The highest BCUT2D eigenvalue weighted by atomic mass is 79.9. The van der Waals surface area contributed by atoms with Crippen LogP contribution in [0.1, 0.15) is 21.0 Å². The highest BCUT2D eigenvalue weighted by Gasteiger charge is 2.11. The van der Waals surface area contributed by atoms with Crippen LogP contribution in [0.3, 0.4) is 0 Å². The highest BCUT2D eigenvalue weighted by molar-refractivity contribution is 9.10. The lowest BCUT2D eigenvalue weighted by Gasteiger charge is -2.04. The Balaban J connectivity index is 1.92. The molecule has 0 aliphatic rings. The molecule has 0 bridgehead atoms. The lowest BCUT2D eigenvalue weighted by Crippen LogP contribution is -2.41. The molecule has 0 radical (unpaired) electrons. The Morgan fingerprint density at radius 3 is 2.06 bits per heavy atom. The van der Waals surface area contributed by atoms with Crippen molar-refractivity contribution < 1.29 is 9.59 Å². The minimum Gasteiger partial charge on any atom is -0.356 e. The van der Waals surface area contributed by atoms with E-state index in [1.54, 1.807) is 12.3 Å². The molecule has 18 heavy (non-hydrogen) atoms. The monoisotopic (exact) mass is 330 g/mol. The van der Waals surface area contributed by atoms with E-state index in [0.717, 1.165) is 4.47 Å². The fourth-order valence-electron chi connectivity index (χ4n) is 1.25. The molecule has 0 saturated carbocycles. The number of halogens is 2. The molecule has 0 atom stereocenters. The number of aromatic nitrogens is 2. The average Bonchev–Trinajstić information content (AvgIpc) is 2.94. The Morgan fingerprint density at radius 1 is 1.06 bits per heavy atom. The third kappa shape index (κ3) is 2.93. The summed E-state index contributed by atoms with van der Waals surface area (Å²) in [5, 5.41) is 0.416. The molecule has 2 amide bonds. The Bertz CT molecular complexity index is 540.